The van der Waals surface area contributed by atoms with Crippen molar-refractivity contribution in [3.05, 3.63) is 57.5 Å². The Morgan fingerprint density at radius 1 is 1.19 bits per heavy atom. The Morgan fingerprint density at radius 2 is 2.00 bits per heavy atom. The fourth-order valence-electron chi connectivity index (χ4n) is 2.13. The molecule has 1 N–H and O–H groups in total. The van der Waals surface area contributed by atoms with Crippen LogP contribution in [0.1, 0.15) is 36.5 Å². The van der Waals surface area contributed by atoms with Crippen LogP contribution in [-0.2, 0) is 11.3 Å². The fraction of sp³-hybridized carbons (Fsp3) is 0.375. The lowest BCUT2D eigenvalue weighted by Gasteiger charge is -2.17. The summed E-state index contributed by atoms with van der Waals surface area (Å²) in [6, 6.07) is 9.47. The molecule has 0 aliphatic carbocycles. The highest BCUT2D eigenvalue weighted by Gasteiger charge is 2.18. The van der Waals surface area contributed by atoms with Crippen LogP contribution in [0.4, 0.5) is 0 Å². The molecule has 1 heterocycles. The molecule has 2 aromatic rings. The molecular formula is C16H19Cl2NO2. The molecule has 0 aliphatic heterocycles. The SMILES string of the molecule is CCCNC(c1ccc(Cl)c(Cl)c1)c1ccc(COC)o1. The van der Waals surface area contributed by atoms with Gasteiger partial charge in [0.2, 0.25) is 0 Å². The summed E-state index contributed by atoms with van der Waals surface area (Å²) >= 11 is 12.1. The summed E-state index contributed by atoms with van der Waals surface area (Å²) in [5, 5.41) is 4.56. The molecule has 1 aromatic carbocycles. The van der Waals surface area contributed by atoms with Gasteiger partial charge in [-0.05, 0) is 42.8 Å². The Labute approximate surface area is 135 Å². The second-order valence-electron chi connectivity index (χ2n) is 4.80. The number of hydrogen-bond donors (Lipinski definition) is 1. The number of furan rings is 1. The molecule has 0 saturated heterocycles. The van der Waals surface area contributed by atoms with Crippen LogP contribution in [0.2, 0.25) is 10.0 Å². The normalized spacial score (nSPS) is 12.6. The maximum atomic E-state index is 6.12. The Balaban J connectivity index is 2.29. The highest BCUT2D eigenvalue weighted by molar-refractivity contribution is 6.42. The summed E-state index contributed by atoms with van der Waals surface area (Å²) in [6.07, 6.45) is 1.03. The van der Waals surface area contributed by atoms with Crippen molar-refractivity contribution < 1.29 is 9.15 Å². The first kappa shape index (κ1) is 16.4. The Bertz CT molecular complexity index is 583. The lowest BCUT2D eigenvalue weighted by atomic mass is 10.0. The number of ether oxygens (including phenoxy) is 1. The van der Waals surface area contributed by atoms with Crippen LogP contribution in [0.3, 0.4) is 0 Å². The van der Waals surface area contributed by atoms with Crippen molar-refractivity contribution in [3.8, 4) is 0 Å². The number of rotatable bonds is 7. The van der Waals surface area contributed by atoms with Crippen LogP contribution in [0, 0.1) is 0 Å². The van der Waals surface area contributed by atoms with Crippen molar-refractivity contribution >= 4 is 23.2 Å². The van der Waals surface area contributed by atoms with Gasteiger partial charge >= 0.3 is 0 Å². The lowest BCUT2D eigenvalue weighted by Crippen LogP contribution is -2.22. The standard InChI is InChI=1S/C16H19Cl2NO2/c1-3-8-19-16(11-4-6-13(17)14(18)9-11)15-7-5-12(21-15)10-20-2/h4-7,9,16,19H,3,8,10H2,1-2H3. The van der Waals surface area contributed by atoms with Gasteiger partial charge in [-0.25, -0.2) is 0 Å². The van der Waals surface area contributed by atoms with E-state index in [0.29, 0.717) is 16.7 Å². The largest absolute Gasteiger partial charge is 0.462 e. The molecule has 0 spiro atoms. The van der Waals surface area contributed by atoms with Crippen LogP contribution in [0.5, 0.6) is 0 Å². The van der Waals surface area contributed by atoms with E-state index in [4.69, 9.17) is 32.4 Å². The summed E-state index contributed by atoms with van der Waals surface area (Å²) in [5.41, 5.74) is 1.02. The Morgan fingerprint density at radius 3 is 2.67 bits per heavy atom. The van der Waals surface area contributed by atoms with Crippen molar-refractivity contribution in [2.75, 3.05) is 13.7 Å². The third kappa shape index (κ3) is 4.24. The van der Waals surface area contributed by atoms with E-state index in [-0.39, 0.29) is 6.04 Å². The minimum Gasteiger partial charge on any atom is -0.462 e. The molecule has 1 aromatic heterocycles. The Hall–Kier alpha value is -1.00. The van der Waals surface area contributed by atoms with Gasteiger partial charge in [0, 0.05) is 7.11 Å². The molecular weight excluding hydrogens is 309 g/mol. The third-order valence-electron chi connectivity index (χ3n) is 3.13. The maximum Gasteiger partial charge on any atom is 0.129 e. The molecule has 114 valence electrons. The van der Waals surface area contributed by atoms with Gasteiger partial charge in [0.1, 0.15) is 18.1 Å². The van der Waals surface area contributed by atoms with Gasteiger partial charge < -0.3 is 14.5 Å². The Kier molecular flexibility index (Phi) is 6.12. The van der Waals surface area contributed by atoms with Gasteiger partial charge in [0.15, 0.2) is 0 Å². The molecule has 0 radical (unpaired) electrons. The lowest BCUT2D eigenvalue weighted by molar-refractivity contribution is 0.162. The monoisotopic (exact) mass is 327 g/mol. The van der Waals surface area contributed by atoms with Gasteiger partial charge in [0.25, 0.3) is 0 Å². The van der Waals surface area contributed by atoms with E-state index in [1.165, 1.54) is 0 Å². The van der Waals surface area contributed by atoms with Crippen molar-refractivity contribution in [1.82, 2.24) is 5.32 Å². The van der Waals surface area contributed by atoms with Crippen LogP contribution < -0.4 is 5.32 Å². The predicted octanol–water partition coefficient (Wildman–Crippen LogP) is 4.82. The molecule has 2 rings (SSSR count). The topological polar surface area (TPSA) is 34.4 Å². The zero-order valence-corrected chi connectivity index (χ0v) is 13.7. The van der Waals surface area contributed by atoms with Crippen LogP contribution in [0.25, 0.3) is 0 Å². The minimum atomic E-state index is -0.0506. The minimum absolute atomic E-state index is 0.0506. The van der Waals surface area contributed by atoms with Crippen molar-refractivity contribution in [3.63, 3.8) is 0 Å². The molecule has 0 fully saturated rings. The van der Waals surface area contributed by atoms with Gasteiger partial charge in [-0.3, -0.25) is 0 Å². The quantitative estimate of drug-likeness (QED) is 0.791. The summed E-state index contributed by atoms with van der Waals surface area (Å²) in [4.78, 5) is 0. The average Bonchev–Trinajstić information content (AvgIpc) is 2.92. The zero-order chi connectivity index (χ0) is 15.2. The zero-order valence-electron chi connectivity index (χ0n) is 12.2. The molecule has 3 nitrogen and oxygen atoms in total. The second-order valence-corrected chi connectivity index (χ2v) is 5.61. The third-order valence-corrected chi connectivity index (χ3v) is 3.87. The molecule has 21 heavy (non-hydrogen) atoms. The van der Waals surface area contributed by atoms with Crippen molar-refractivity contribution in [2.24, 2.45) is 0 Å². The molecule has 0 amide bonds. The first-order valence-corrected chi connectivity index (χ1v) is 7.67. The van der Waals surface area contributed by atoms with E-state index in [2.05, 4.69) is 12.2 Å². The van der Waals surface area contributed by atoms with Crippen LogP contribution in [-0.4, -0.2) is 13.7 Å². The van der Waals surface area contributed by atoms with E-state index in [0.717, 1.165) is 30.0 Å². The smallest absolute Gasteiger partial charge is 0.129 e. The van der Waals surface area contributed by atoms with Gasteiger partial charge in [0.05, 0.1) is 16.1 Å². The summed E-state index contributed by atoms with van der Waals surface area (Å²) < 4.78 is 10.9. The van der Waals surface area contributed by atoms with E-state index < -0.39 is 0 Å². The molecule has 0 aliphatic rings. The summed E-state index contributed by atoms with van der Waals surface area (Å²) in [6.45, 7) is 3.46. The fourth-order valence-corrected chi connectivity index (χ4v) is 2.44. The van der Waals surface area contributed by atoms with Gasteiger partial charge in [-0.2, -0.15) is 0 Å². The summed E-state index contributed by atoms with van der Waals surface area (Å²) in [5.74, 6) is 1.64. The average molecular weight is 328 g/mol. The second kappa shape index (κ2) is 7.85. The number of benzene rings is 1. The molecule has 1 atom stereocenters. The highest BCUT2D eigenvalue weighted by atomic mass is 35.5. The van der Waals surface area contributed by atoms with Gasteiger partial charge in [-0.15, -0.1) is 0 Å². The predicted molar refractivity (Wildman–Crippen MR) is 86.0 cm³/mol. The number of methoxy groups -OCH3 is 1. The first-order valence-electron chi connectivity index (χ1n) is 6.91. The van der Waals surface area contributed by atoms with Crippen LogP contribution >= 0.6 is 23.2 Å². The maximum absolute atomic E-state index is 6.12. The van der Waals surface area contributed by atoms with Crippen molar-refractivity contribution in [2.45, 2.75) is 26.0 Å². The van der Waals surface area contributed by atoms with Crippen molar-refractivity contribution in [1.29, 1.82) is 0 Å². The molecule has 0 bridgehead atoms. The number of hydrogen-bond acceptors (Lipinski definition) is 3. The molecule has 5 heteroatoms. The van der Waals surface area contributed by atoms with E-state index >= 15 is 0 Å². The number of nitrogens with one attached hydrogen (secondary N) is 1. The van der Waals surface area contributed by atoms with Crippen LogP contribution in [0.15, 0.2) is 34.7 Å². The highest BCUT2D eigenvalue weighted by Crippen LogP contribution is 2.30. The first-order chi connectivity index (χ1) is 10.2. The molecule has 0 saturated carbocycles. The molecule has 1 unspecified atom stereocenters. The van der Waals surface area contributed by atoms with E-state index in [9.17, 15) is 0 Å². The van der Waals surface area contributed by atoms with Gasteiger partial charge in [-0.1, -0.05) is 36.2 Å². The van der Waals surface area contributed by atoms with E-state index in [1.54, 1.807) is 13.2 Å². The van der Waals surface area contributed by atoms with E-state index in [1.807, 2.05) is 24.3 Å². The number of halogens is 2. The summed E-state index contributed by atoms with van der Waals surface area (Å²) in [7, 11) is 1.65.